The average Bonchev–Trinajstić information content (AvgIpc) is 2.66. The summed E-state index contributed by atoms with van der Waals surface area (Å²) in [5.41, 5.74) is 1.28. The molecule has 15 heavy (non-hydrogen) atoms. The number of hydrogen-bond donors (Lipinski definition) is 2. The van der Waals surface area contributed by atoms with Gasteiger partial charge in [0.05, 0.1) is 11.7 Å². The Balaban J connectivity index is 1.71. The van der Waals surface area contributed by atoms with Crippen molar-refractivity contribution in [3.8, 4) is 0 Å². The second-order valence-electron chi connectivity index (χ2n) is 4.43. The number of thioether (sulfide) groups is 1. The normalized spacial score (nSPS) is 27.6. The van der Waals surface area contributed by atoms with Crippen molar-refractivity contribution in [1.82, 2.24) is 15.3 Å². The standard InChI is InChI=1S/C11H17N3S/c1-2-8(3-1)11-13-6-9(14-11)10-7-15-5-4-12-10/h6,8,10,12H,1-5,7H2,(H,13,14). The third-order valence-electron chi connectivity index (χ3n) is 3.40. The number of nitrogens with zero attached hydrogens (tertiary/aromatic N) is 1. The largest absolute Gasteiger partial charge is 0.344 e. The molecule has 0 amide bonds. The molecule has 2 N–H and O–H groups in total. The molecule has 2 aliphatic rings. The highest BCUT2D eigenvalue weighted by atomic mass is 32.2. The summed E-state index contributed by atoms with van der Waals surface area (Å²) in [5.74, 6) is 4.34. The van der Waals surface area contributed by atoms with Crippen LogP contribution in [0.3, 0.4) is 0 Å². The average molecular weight is 223 g/mol. The number of rotatable bonds is 2. The lowest BCUT2D eigenvalue weighted by atomic mass is 9.85. The molecule has 0 bridgehead atoms. The second-order valence-corrected chi connectivity index (χ2v) is 5.58. The minimum Gasteiger partial charge on any atom is -0.344 e. The van der Waals surface area contributed by atoms with Crippen LogP contribution in [-0.2, 0) is 0 Å². The van der Waals surface area contributed by atoms with E-state index in [-0.39, 0.29) is 0 Å². The predicted octanol–water partition coefficient (Wildman–Crippen LogP) is 2.05. The number of imidazole rings is 1. The molecule has 1 saturated heterocycles. The van der Waals surface area contributed by atoms with E-state index in [9.17, 15) is 0 Å². The van der Waals surface area contributed by atoms with Gasteiger partial charge in [0.2, 0.25) is 0 Å². The Bertz CT molecular complexity index is 326. The summed E-state index contributed by atoms with van der Waals surface area (Å²) in [6.07, 6.45) is 6.04. The first-order chi connectivity index (χ1) is 7.43. The Kier molecular flexibility index (Phi) is 2.71. The van der Waals surface area contributed by atoms with Gasteiger partial charge in [0.15, 0.2) is 0 Å². The Morgan fingerprint density at radius 2 is 2.33 bits per heavy atom. The predicted molar refractivity (Wildman–Crippen MR) is 63.2 cm³/mol. The van der Waals surface area contributed by atoms with Gasteiger partial charge in [-0.15, -0.1) is 0 Å². The van der Waals surface area contributed by atoms with Gasteiger partial charge in [-0.2, -0.15) is 11.8 Å². The van der Waals surface area contributed by atoms with Crippen molar-refractivity contribution in [2.75, 3.05) is 18.1 Å². The number of H-pyrrole nitrogens is 1. The van der Waals surface area contributed by atoms with Crippen molar-refractivity contribution in [1.29, 1.82) is 0 Å². The zero-order valence-electron chi connectivity index (χ0n) is 8.83. The van der Waals surface area contributed by atoms with Crippen molar-refractivity contribution in [2.24, 2.45) is 0 Å². The Labute approximate surface area is 94.4 Å². The van der Waals surface area contributed by atoms with Crippen LogP contribution in [0.5, 0.6) is 0 Å². The minimum atomic E-state index is 0.491. The lowest BCUT2D eigenvalue weighted by Gasteiger charge is -2.24. The van der Waals surface area contributed by atoms with E-state index in [2.05, 4.69) is 15.3 Å². The van der Waals surface area contributed by atoms with Crippen molar-refractivity contribution in [2.45, 2.75) is 31.2 Å². The van der Waals surface area contributed by atoms with E-state index in [1.807, 2.05) is 18.0 Å². The first kappa shape index (κ1) is 9.73. The van der Waals surface area contributed by atoms with E-state index in [1.165, 1.54) is 42.3 Å². The maximum atomic E-state index is 4.51. The van der Waals surface area contributed by atoms with Crippen molar-refractivity contribution < 1.29 is 0 Å². The molecule has 1 atom stereocenters. The van der Waals surface area contributed by atoms with Gasteiger partial charge in [0, 0.05) is 30.2 Å². The zero-order chi connectivity index (χ0) is 10.1. The maximum absolute atomic E-state index is 4.51. The van der Waals surface area contributed by atoms with Gasteiger partial charge >= 0.3 is 0 Å². The van der Waals surface area contributed by atoms with E-state index in [4.69, 9.17) is 0 Å². The Morgan fingerprint density at radius 3 is 3.00 bits per heavy atom. The molecule has 1 aliphatic carbocycles. The SMILES string of the molecule is c1nc(C2CCC2)[nH]c1C1CSCCN1. The van der Waals surface area contributed by atoms with Gasteiger partial charge in [-0.3, -0.25) is 0 Å². The molecule has 4 heteroatoms. The lowest BCUT2D eigenvalue weighted by Crippen LogP contribution is -2.30. The maximum Gasteiger partial charge on any atom is 0.109 e. The summed E-state index contributed by atoms with van der Waals surface area (Å²) in [6.45, 7) is 1.12. The van der Waals surface area contributed by atoms with E-state index in [1.54, 1.807) is 0 Å². The number of nitrogens with one attached hydrogen (secondary N) is 2. The number of hydrogen-bond acceptors (Lipinski definition) is 3. The van der Waals surface area contributed by atoms with Gasteiger partial charge < -0.3 is 10.3 Å². The number of aromatic amines is 1. The first-order valence-electron chi connectivity index (χ1n) is 5.79. The summed E-state index contributed by atoms with van der Waals surface area (Å²) < 4.78 is 0. The van der Waals surface area contributed by atoms with Gasteiger partial charge in [0.25, 0.3) is 0 Å². The zero-order valence-corrected chi connectivity index (χ0v) is 9.65. The van der Waals surface area contributed by atoms with Crippen LogP contribution in [0, 0.1) is 0 Å². The summed E-state index contributed by atoms with van der Waals surface area (Å²) in [5, 5.41) is 3.53. The fraction of sp³-hybridized carbons (Fsp3) is 0.727. The Morgan fingerprint density at radius 1 is 1.40 bits per heavy atom. The fourth-order valence-corrected chi connectivity index (χ4v) is 3.14. The molecule has 0 spiro atoms. The van der Waals surface area contributed by atoms with Crippen LogP contribution in [-0.4, -0.2) is 28.0 Å². The molecule has 3 nitrogen and oxygen atoms in total. The van der Waals surface area contributed by atoms with Gasteiger partial charge in [-0.1, -0.05) is 6.42 Å². The van der Waals surface area contributed by atoms with E-state index in [0.29, 0.717) is 6.04 Å². The minimum absolute atomic E-state index is 0.491. The lowest BCUT2D eigenvalue weighted by molar-refractivity contribution is 0.403. The van der Waals surface area contributed by atoms with Crippen LogP contribution in [0.2, 0.25) is 0 Å². The van der Waals surface area contributed by atoms with Gasteiger partial charge in [0.1, 0.15) is 5.82 Å². The molecule has 1 saturated carbocycles. The highest BCUT2D eigenvalue weighted by Crippen LogP contribution is 2.35. The molecule has 2 heterocycles. The molecular formula is C11H17N3S. The van der Waals surface area contributed by atoms with Crippen LogP contribution < -0.4 is 5.32 Å². The van der Waals surface area contributed by atoms with E-state index >= 15 is 0 Å². The monoisotopic (exact) mass is 223 g/mol. The van der Waals surface area contributed by atoms with Crippen LogP contribution in [0.25, 0.3) is 0 Å². The summed E-state index contributed by atoms with van der Waals surface area (Å²) in [6, 6.07) is 0.491. The third-order valence-corrected chi connectivity index (χ3v) is 4.47. The molecule has 1 aromatic rings. The van der Waals surface area contributed by atoms with Crippen molar-refractivity contribution >= 4 is 11.8 Å². The molecule has 3 rings (SSSR count). The molecule has 0 aromatic carbocycles. The first-order valence-corrected chi connectivity index (χ1v) is 6.95. The summed E-state index contributed by atoms with van der Waals surface area (Å²) >= 11 is 2.02. The van der Waals surface area contributed by atoms with Gasteiger partial charge in [-0.25, -0.2) is 4.98 Å². The van der Waals surface area contributed by atoms with Crippen LogP contribution >= 0.6 is 11.8 Å². The number of aromatic nitrogens is 2. The van der Waals surface area contributed by atoms with Crippen LogP contribution in [0.15, 0.2) is 6.20 Å². The van der Waals surface area contributed by atoms with E-state index in [0.717, 1.165) is 12.5 Å². The summed E-state index contributed by atoms with van der Waals surface area (Å²) in [7, 11) is 0. The topological polar surface area (TPSA) is 40.7 Å². The smallest absolute Gasteiger partial charge is 0.109 e. The highest BCUT2D eigenvalue weighted by molar-refractivity contribution is 7.99. The highest BCUT2D eigenvalue weighted by Gasteiger charge is 2.24. The molecular weight excluding hydrogens is 206 g/mol. The van der Waals surface area contributed by atoms with Crippen LogP contribution in [0.1, 0.15) is 42.7 Å². The molecule has 1 aromatic heterocycles. The van der Waals surface area contributed by atoms with E-state index < -0.39 is 0 Å². The second kappa shape index (κ2) is 4.18. The van der Waals surface area contributed by atoms with Crippen molar-refractivity contribution in [3.63, 3.8) is 0 Å². The Hall–Kier alpha value is -0.480. The molecule has 2 fully saturated rings. The van der Waals surface area contributed by atoms with Crippen molar-refractivity contribution in [3.05, 3.63) is 17.7 Å². The molecule has 1 aliphatic heterocycles. The molecule has 82 valence electrons. The quantitative estimate of drug-likeness (QED) is 0.806. The third kappa shape index (κ3) is 1.93. The summed E-state index contributed by atoms with van der Waals surface area (Å²) in [4.78, 5) is 8.01. The molecule has 1 unspecified atom stereocenters. The fourth-order valence-electron chi connectivity index (χ4n) is 2.18. The van der Waals surface area contributed by atoms with Crippen LogP contribution in [0.4, 0.5) is 0 Å². The van der Waals surface area contributed by atoms with Gasteiger partial charge in [-0.05, 0) is 12.8 Å². The molecule has 0 radical (unpaired) electrons.